The Morgan fingerprint density at radius 1 is 1.35 bits per heavy atom. The molecule has 0 radical (unpaired) electrons. The van der Waals surface area contributed by atoms with E-state index in [0.717, 1.165) is 25.7 Å². The van der Waals surface area contributed by atoms with Gasteiger partial charge in [-0.25, -0.2) is 4.79 Å². The fourth-order valence-corrected chi connectivity index (χ4v) is 3.70. The first-order valence-corrected chi connectivity index (χ1v) is 8.02. The van der Waals surface area contributed by atoms with Crippen LogP contribution >= 0.6 is 12.2 Å². The molecule has 1 saturated carbocycles. The number of nitrogens with one attached hydrogen (secondary N) is 2. The van der Waals surface area contributed by atoms with Gasteiger partial charge in [-0.15, -0.1) is 0 Å². The van der Waals surface area contributed by atoms with Crippen LogP contribution in [0.4, 0.5) is 0 Å². The SMILES string of the molecule is COC(=O)[C@]1([C@@H]2CCCCCCC2=O)NC(=S)NC(=O)[C@@H]1C#N. The van der Waals surface area contributed by atoms with Crippen LogP contribution in [0.25, 0.3) is 0 Å². The molecular formula is C15H19N3O4S. The van der Waals surface area contributed by atoms with Crippen molar-refractivity contribution in [2.24, 2.45) is 11.8 Å². The van der Waals surface area contributed by atoms with Gasteiger partial charge in [-0.3, -0.25) is 9.59 Å². The lowest BCUT2D eigenvalue weighted by molar-refractivity contribution is -0.159. The second-order valence-electron chi connectivity index (χ2n) is 5.84. The Labute approximate surface area is 139 Å². The first kappa shape index (κ1) is 17.3. The first-order valence-electron chi connectivity index (χ1n) is 7.61. The van der Waals surface area contributed by atoms with Crippen LogP contribution in [0.15, 0.2) is 0 Å². The number of hydrogen-bond acceptors (Lipinski definition) is 6. The van der Waals surface area contributed by atoms with Crippen molar-refractivity contribution in [3.8, 4) is 6.07 Å². The normalized spacial score (nSPS) is 31.9. The van der Waals surface area contributed by atoms with Gasteiger partial charge < -0.3 is 15.4 Å². The quantitative estimate of drug-likeness (QED) is 0.560. The molecular weight excluding hydrogens is 318 g/mol. The van der Waals surface area contributed by atoms with Gasteiger partial charge in [0.25, 0.3) is 0 Å². The van der Waals surface area contributed by atoms with Crippen LogP contribution in [0.3, 0.4) is 0 Å². The second kappa shape index (κ2) is 7.04. The largest absolute Gasteiger partial charge is 0.467 e. The maximum Gasteiger partial charge on any atom is 0.334 e. The molecule has 0 spiro atoms. The molecule has 1 aliphatic carbocycles. The fraction of sp³-hybridized carbons (Fsp3) is 0.667. The molecule has 1 amide bonds. The van der Waals surface area contributed by atoms with E-state index in [9.17, 15) is 19.6 Å². The highest BCUT2D eigenvalue weighted by atomic mass is 32.1. The first-order chi connectivity index (χ1) is 11.0. The van der Waals surface area contributed by atoms with E-state index < -0.39 is 29.3 Å². The molecule has 0 bridgehead atoms. The van der Waals surface area contributed by atoms with Crippen molar-refractivity contribution in [3.05, 3.63) is 0 Å². The molecule has 7 nitrogen and oxygen atoms in total. The summed E-state index contributed by atoms with van der Waals surface area (Å²) in [6, 6.07) is 1.85. The van der Waals surface area contributed by atoms with Gasteiger partial charge in [0.2, 0.25) is 5.91 Å². The van der Waals surface area contributed by atoms with Crippen molar-refractivity contribution in [2.75, 3.05) is 7.11 Å². The van der Waals surface area contributed by atoms with E-state index >= 15 is 0 Å². The monoisotopic (exact) mass is 337 g/mol. The number of carbonyl (C=O) groups excluding carboxylic acids is 3. The molecule has 2 fully saturated rings. The molecule has 1 aliphatic heterocycles. The molecule has 2 rings (SSSR count). The predicted molar refractivity (Wildman–Crippen MR) is 83.9 cm³/mol. The van der Waals surface area contributed by atoms with Crippen molar-refractivity contribution in [2.45, 2.75) is 44.1 Å². The zero-order valence-electron chi connectivity index (χ0n) is 12.9. The molecule has 0 unspecified atom stereocenters. The summed E-state index contributed by atoms with van der Waals surface area (Å²) < 4.78 is 4.85. The zero-order valence-corrected chi connectivity index (χ0v) is 13.7. The summed E-state index contributed by atoms with van der Waals surface area (Å²) >= 11 is 5.00. The molecule has 0 aromatic rings. The molecule has 8 heteroatoms. The van der Waals surface area contributed by atoms with Crippen LogP contribution < -0.4 is 10.6 Å². The number of carbonyl (C=O) groups is 3. The third-order valence-corrected chi connectivity index (χ3v) is 4.74. The Kier molecular flexibility index (Phi) is 5.31. The number of Topliss-reactive ketones (excluding diaryl/α,β-unsaturated/α-hetero) is 1. The summed E-state index contributed by atoms with van der Waals surface area (Å²) in [5, 5.41) is 14.5. The number of nitriles is 1. The number of amides is 1. The van der Waals surface area contributed by atoms with Gasteiger partial charge >= 0.3 is 5.97 Å². The highest BCUT2D eigenvalue weighted by Crippen LogP contribution is 2.36. The van der Waals surface area contributed by atoms with Gasteiger partial charge in [0, 0.05) is 6.42 Å². The molecule has 1 heterocycles. The fourth-order valence-electron chi connectivity index (χ4n) is 3.43. The van der Waals surface area contributed by atoms with Gasteiger partial charge in [0.1, 0.15) is 5.78 Å². The van der Waals surface area contributed by atoms with E-state index in [1.807, 2.05) is 6.07 Å². The Balaban J connectivity index is 2.54. The third kappa shape index (κ3) is 3.06. The van der Waals surface area contributed by atoms with E-state index in [4.69, 9.17) is 17.0 Å². The summed E-state index contributed by atoms with van der Waals surface area (Å²) in [6.07, 6.45) is 4.10. The van der Waals surface area contributed by atoms with Crippen LogP contribution in [-0.2, 0) is 19.1 Å². The zero-order chi connectivity index (χ0) is 17.0. The molecule has 23 heavy (non-hydrogen) atoms. The van der Waals surface area contributed by atoms with Crippen molar-refractivity contribution in [1.29, 1.82) is 5.26 Å². The number of nitrogens with zero attached hydrogens (tertiary/aromatic N) is 1. The van der Waals surface area contributed by atoms with Crippen molar-refractivity contribution in [1.82, 2.24) is 10.6 Å². The smallest absolute Gasteiger partial charge is 0.334 e. The molecule has 3 atom stereocenters. The van der Waals surface area contributed by atoms with Crippen molar-refractivity contribution in [3.63, 3.8) is 0 Å². The van der Waals surface area contributed by atoms with Crippen LogP contribution in [0.1, 0.15) is 38.5 Å². The van der Waals surface area contributed by atoms with E-state index in [2.05, 4.69) is 10.6 Å². The summed E-state index contributed by atoms with van der Waals surface area (Å²) in [7, 11) is 1.17. The van der Waals surface area contributed by atoms with E-state index in [1.165, 1.54) is 7.11 Å². The minimum atomic E-state index is -1.75. The van der Waals surface area contributed by atoms with Crippen molar-refractivity contribution >= 4 is 35.0 Å². The standard InChI is InChI=1S/C15H19N3O4S/c1-22-13(21)15(9-6-4-2-3-5-7-11(9)19)10(8-16)12(20)17-14(23)18-15/h9-10H,2-7H2,1H3,(H2,17,18,20,23)/t9-,10+,15-/m1/s1. The van der Waals surface area contributed by atoms with Gasteiger partial charge in [0.15, 0.2) is 16.6 Å². The molecule has 2 aliphatic rings. The summed E-state index contributed by atoms with van der Waals surface area (Å²) in [4.78, 5) is 37.4. The van der Waals surface area contributed by atoms with Gasteiger partial charge in [-0.05, 0) is 25.1 Å². The molecule has 0 aromatic heterocycles. The van der Waals surface area contributed by atoms with Crippen LogP contribution in [-0.4, -0.2) is 35.4 Å². The number of ketones is 1. The number of rotatable bonds is 2. The van der Waals surface area contributed by atoms with E-state index in [-0.39, 0.29) is 10.9 Å². The lowest BCUT2D eigenvalue weighted by Gasteiger charge is -2.44. The summed E-state index contributed by atoms with van der Waals surface area (Å²) in [5.41, 5.74) is -1.75. The lowest BCUT2D eigenvalue weighted by Crippen LogP contribution is -2.73. The van der Waals surface area contributed by atoms with Crippen molar-refractivity contribution < 1.29 is 19.1 Å². The highest BCUT2D eigenvalue weighted by molar-refractivity contribution is 7.80. The average molecular weight is 337 g/mol. The Hall–Kier alpha value is -2.01. The van der Waals surface area contributed by atoms with Crippen LogP contribution in [0.5, 0.6) is 0 Å². The highest BCUT2D eigenvalue weighted by Gasteiger charge is 2.60. The van der Waals surface area contributed by atoms with E-state index in [1.54, 1.807) is 0 Å². The lowest BCUT2D eigenvalue weighted by atomic mass is 9.67. The van der Waals surface area contributed by atoms with Gasteiger partial charge in [-0.2, -0.15) is 5.26 Å². The summed E-state index contributed by atoms with van der Waals surface area (Å²) in [5.74, 6) is -3.82. The Bertz CT molecular complexity index is 586. The maximum absolute atomic E-state index is 12.6. The Morgan fingerprint density at radius 2 is 2.04 bits per heavy atom. The summed E-state index contributed by atoms with van der Waals surface area (Å²) in [6.45, 7) is 0. The number of thiocarbonyl (C=S) groups is 1. The molecule has 124 valence electrons. The second-order valence-corrected chi connectivity index (χ2v) is 6.25. The molecule has 0 aromatic carbocycles. The molecule has 1 saturated heterocycles. The number of methoxy groups -OCH3 is 1. The topological polar surface area (TPSA) is 108 Å². The Morgan fingerprint density at radius 3 is 2.70 bits per heavy atom. The van der Waals surface area contributed by atoms with Crippen LogP contribution in [0, 0.1) is 23.2 Å². The number of hydrogen-bond donors (Lipinski definition) is 2. The number of ether oxygens (including phenoxy) is 1. The number of esters is 1. The van der Waals surface area contributed by atoms with Gasteiger partial charge in [0.05, 0.1) is 19.1 Å². The minimum absolute atomic E-state index is 0.0678. The third-order valence-electron chi connectivity index (χ3n) is 4.53. The van der Waals surface area contributed by atoms with Gasteiger partial charge in [-0.1, -0.05) is 19.3 Å². The van der Waals surface area contributed by atoms with Crippen LogP contribution in [0.2, 0.25) is 0 Å². The van der Waals surface area contributed by atoms with E-state index in [0.29, 0.717) is 12.8 Å². The maximum atomic E-state index is 12.6. The predicted octanol–water partition coefficient (Wildman–Crippen LogP) is 0.582. The minimum Gasteiger partial charge on any atom is -0.467 e. The molecule has 2 N–H and O–H groups in total. The average Bonchev–Trinajstić information content (AvgIpc) is 2.49.